The predicted octanol–water partition coefficient (Wildman–Crippen LogP) is 6.81. The summed E-state index contributed by atoms with van der Waals surface area (Å²) in [6.07, 6.45) is 5.28. The summed E-state index contributed by atoms with van der Waals surface area (Å²) in [7, 11) is 0. The Labute approximate surface area is 194 Å². The molecule has 0 radical (unpaired) electrons. The highest BCUT2D eigenvalue weighted by molar-refractivity contribution is 6.36. The van der Waals surface area contributed by atoms with Gasteiger partial charge in [-0.2, -0.15) is 0 Å². The van der Waals surface area contributed by atoms with E-state index < -0.39 is 5.97 Å². The molecule has 1 aliphatic rings. The second-order valence-electron chi connectivity index (χ2n) is 7.03. The summed E-state index contributed by atoms with van der Waals surface area (Å²) in [4.78, 5) is 19.6. The Morgan fingerprint density at radius 1 is 1.03 bits per heavy atom. The second kappa shape index (κ2) is 9.27. The molecule has 1 aliphatic carbocycles. The summed E-state index contributed by atoms with van der Waals surface area (Å²) in [6, 6.07) is 10.7. The molecule has 0 atom stereocenters. The molecule has 3 aromatic rings. The predicted molar refractivity (Wildman–Crippen MR) is 122 cm³/mol. The highest BCUT2D eigenvalue weighted by Crippen LogP contribution is 2.43. The van der Waals surface area contributed by atoms with Crippen molar-refractivity contribution in [2.45, 2.75) is 25.9 Å². The van der Waals surface area contributed by atoms with Crippen LogP contribution in [0.5, 0.6) is 5.75 Å². The number of rotatable bonds is 6. The summed E-state index contributed by atoms with van der Waals surface area (Å²) in [6.45, 7) is 0.198. The molecular weight excluding hydrogens is 459 g/mol. The van der Waals surface area contributed by atoms with Crippen LogP contribution in [0.1, 0.15) is 46.6 Å². The molecule has 0 fully saturated rings. The van der Waals surface area contributed by atoms with Crippen molar-refractivity contribution in [3.05, 3.63) is 86.4 Å². The first-order chi connectivity index (χ1) is 14.9. The SMILES string of the molecule is O=C(O)c1cncc(C2=C(c3cc(Cl)ccc3OCc3c(Cl)cccc3Cl)CCC2)n1. The lowest BCUT2D eigenvalue weighted by Crippen LogP contribution is -2.04. The van der Waals surface area contributed by atoms with E-state index in [1.54, 1.807) is 30.5 Å². The Hall–Kier alpha value is -2.60. The molecule has 31 heavy (non-hydrogen) atoms. The fraction of sp³-hybridized carbons (Fsp3) is 0.174. The molecule has 8 heteroatoms. The van der Waals surface area contributed by atoms with Crippen LogP contribution in [0.2, 0.25) is 15.1 Å². The minimum atomic E-state index is -1.11. The smallest absolute Gasteiger partial charge is 0.356 e. The second-order valence-corrected chi connectivity index (χ2v) is 8.29. The summed E-state index contributed by atoms with van der Waals surface area (Å²) >= 11 is 18.8. The van der Waals surface area contributed by atoms with Crippen molar-refractivity contribution in [3.8, 4) is 5.75 Å². The quantitative estimate of drug-likeness (QED) is 0.424. The van der Waals surface area contributed by atoms with Crippen LogP contribution in [0.15, 0.2) is 48.8 Å². The first kappa shape index (κ1) is 21.6. The zero-order chi connectivity index (χ0) is 22.0. The molecule has 0 unspecified atom stereocenters. The van der Waals surface area contributed by atoms with E-state index in [9.17, 15) is 9.90 Å². The van der Waals surface area contributed by atoms with E-state index in [-0.39, 0.29) is 12.3 Å². The number of halogens is 3. The number of carboxylic acid groups (broad SMARTS) is 1. The molecule has 5 nitrogen and oxygen atoms in total. The number of ether oxygens (including phenoxy) is 1. The number of benzene rings is 2. The lowest BCUT2D eigenvalue weighted by molar-refractivity contribution is 0.0690. The van der Waals surface area contributed by atoms with E-state index in [0.717, 1.165) is 36.0 Å². The molecule has 0 saturated heterocycles. The van der Waals surface area contributed by atoms with Crippen LogP contribution in [0, 0.1) is 0 Å². The van der Waals surface area contributed by atoms with Crippen molar-refractivity contribution < 1.29 is 14.6 Å². The molecule has 0 spiro atoms. The molecule has 0 saturated carbocycles. The molecule has 0 bridgehead atoms. The Balaban J connectivity index is 1.73. The van der Waals surface area contributed by atoms with Crippen molar-refractivity contribution in [3.63, 3.8) is 0 Å². The van der Waals surface area contributed by atoms with Gasteiger partial charge in [-0.15, -0.1) is 0 Å². The largest absolute Gasteiger partial charge is 0.488 e. The fourth-order valence-electron chi connectivity index (χ4n) is 3.62. The number of allylic oxidation sites excluding steroid dienone is 2. The maximum Gasteiger partial charge on any atom is 0.356 e. The van der Waals surface area contributed by atoms with E-state index in [1.807, 2.05) is 12.1 Å². The van der Waals surface area contributed by atoms with Crippen molar-refractivity contribution in [1.82, 2.24) is 9.97 Å². The third-order valence-electron chi connectivity index (χ3n) is 5.08. The van der Waals surface area contributed by atoms with Crippen molar-refractivity contribution >= 4 is 51.9 Å². The monoisotopic (exact) mass is 474 g/mol. The molecule has 2 aromatic carbocycles. The molecule has 1 heterocycles. The molecule has 0 amide bonds. The van der Waals surface area contributed by atoms with Crippen molar-refractivity contribution in [2.24, 2.45) is 0 Å². The average molecular weight is 476 g/mol. The van der Waals surface area contributed by atoms with Crippen LogP contribution in [-0.4, -0.2) is 21.0 Å². The molecular formula is C23H17Cl3N2O3. The van der Waals surface area contributed by atoms with E-state index in [0.29, 0.717) is 32.1 Å². The lowest BCUT2D eigenvalue weighted by Gasteiger charge is -2.16. The first-order valence-electron chi connectivity index (χ1n) is 9.57. The normalized spacial score (nSPS) is 13.5. The van der Waals surface area contributed by atoms with Crippen molar-refractivity contribution in [2.75, 3.05) is 0 Å². The van der Waals surface area contributed by atoms with Gasteiger partial charge in [-0.05, 0) is 60.7 Å². The van der Waals surface area contributed by atoms with Gasteiger partial charge in [0.2, 0.25) is 0 Å². The molecule has 158 valence electrons. The Bertz CT molecular complexity index is 1170. The third kappa shape index (κ3) is 4.69. The minimum Gasteiger partial charge on any atom is -0.488 e. The lowest BCUT2D eigenvalue weighted by atomic mass is 9.99. The zero-order valence-corrected chi connectivity index (χ0v) is 18.5. The molecule has 4 rings (SSSR count). The van der Waals surface area contributed by atoms with Crippen LogP contribution >= 0.6 is 34.8 Å². The van der Waals surface area contributed by atoms with Crippen LogP contribution in [0.4, 0.5) is 0 Å². The zero-order valence-electron chi connectivity index (χ0n) is 16.2. The summed E-state index contributed by atoms with van der Waals surface area (Å²) < 4.78 is 6.11. The summed E-state index contributed by atoms with van der Waals surface area (Å²) in [5, 5.41) is 10.9. The maximum absolute atomic E-state index is 11.3. The van der Waals surface area contributed by atoms with Crippen LogP contribution < -0.4 is 4.74 Å². The van der Waals surface area contributed by atoms with Gasteiger partial charge in [-0.1, -0.05) is 40.9 Å². The Kier molecular flexibility index (Phi) is 6.46. The number of carbonyl (C=O) groups is 1. The third-order valence-corrected chi connectivity index (χ3v) is 6.02. The van der Waals surface area contributed by atoms with Crippen LogP contribution in [0.25, 0.3) is 11.1 Å². The fourth-order valence-corrected chi connectivity index (χ4v) is 4.30. The minimum absolute atomic E-state index is 0.0906. The van der Waals surface area contributed by atoms with Crippen LogP contribution in [-0.2, 0) is 6.61 Å². The van der Waals surface area contributed by atoms with Gasteiger partial charge in [0.1, 0.15) is 12.4 Å². The standard InChI is InChI=1S/C23H17Cl3N2O3/c24-13-7-8-22(31-12-17-18(25)5-2-6-19(17)26)16(9-13)14-3-1-4-15(14)20-10-27-11-21(28-20)23(29)30/h2,5-11H,1,3-4,12H2,(H,29,30). The van der Waals surface area contributed by atoms with E-state index in [4.69, 9.17) is 39.5 Å². The number of aromatic nitrogens is 2. The van der Waals surface area contributed by atoms with Gasteiger partial charge in [0.25, 0.3) is 0 Å². The maximum atomic E-state index is 11.3. The number of carboxylic acids is 1. The Morgan fingerprint density at radius 2 is 1.77 bits per heavy atom. The molecule has 1 N–H and O–H groups in total. The number of nitrogens with zero attached hydrogens (tertiary/aromatic N) is 2. The van der Waals surface area contributed by atoms with E-state index >= 15 is 0 Å². The number of hydrogen-bond acceptors (Lipinski definition) is 4. The highest BCUT2D eigenvalue weighted by atomic mass is 35.5. The summed E-state index contributed by atoms with van der Waals surface area (Å²) in [5.41, 5.74) is 3.95. The molecule has 0 aliphatic heterocycles. The van der Waals surface area contributed by atoms with E-state index in [2.05, 4.69) is 9.97 Å². The summed E-state index contributed by atoms with van der Waals surface area (Å²) in [5.74, 6) is -0.477. The van der Waals surface area contributed by atoms with Gasteiger partial charge in [-0.25, -0.2) is 9.78 Å². The van der Waals surface area contributed by atoms with E-state index in [1.165, 1.54) is 6.20 Å². The van der Waals surface area contributed by atoms with Gasteiger partial charge >= 0.3 is 5.97 Å². The van der Waals surface area contributed by atoms with Crippen LogP contribution in [0.3, 0.4) is 0 Å². The average Bonchev–Trinajstić information content (AvgIpc) is 3.24. The first-order valence-corrected chi connectivity index (χ1v) is 10.7. The highest BCUT2D eigenvalue weighted by Gasteiger charge is 2.23. The number of aromatic carboxylic acids is 1. The van der Waals surface area contributed by atoms with Gasteiger partial charge in [0.15, 0.2) is 5.69 Å². The van der Waals surface area contributed by atoms with Gasteiger partial charge in [0, 0.05) is 26.2 Å². The topological polar surface area (TPSA) is 72.3 Å². The molecule has 1 aromatic heterocycles. The van der Waals surface area contributed by atoms with Crippen molar-refractivity contribution in [1.29, 1.82) is 0 Å². The van der Waals surface area contributed by atoms with Gasteiger partial charge < -0.3 is 9.84 Å². The Morgan fingerprint density at radius 3 is 2.52 bits per heavy atom. The van der Waals surface area contributed by atoms with Gasteiger partial charge in [-0.3, -0.25) is 4.98 Å². The number of hydrogen-bond donors (Lipinski definition) is 1. The van der Waals surface area contributed by atoms with Gasteiger partial charge in [0.05, 0.1) is 18.1 Å².